The average Bonchev–Trinajstić information content (AvgIpc) is 2.71. The van der Waals surface area contributed by atoms with E-state index >= 15 is 0 Å². The van der Waals surface area contributed by atoms with E-state index in [9.17, 15) is 18.0 Å². The number of halogens is 3. The number of amides is 1. The summed E-state index contributed by atoms with van der Waals surface area (Å²) in [6.45, 7) is 5.12. The van der Waals surface area contributed by atoms with E-state index in [1.165, 1.54) is 17.8 Å². The zero-order valence-corrected chi connectivity index (χ0v) is 15.6. The molecule has 0 atom stereocenters. The summed E-state index contributed by atoms with van der Waals surface area (Å²) in [5.74, 6) is -0.472. The molecule has 0 unspecified atom stereocenters. The van der Waals surface area contributed by atoms with Gasteiger partial charge in [0.05, 0.1) is 5.56 Å². The monoisotopic (exact) mass is 391 g/mol. The molecule has 0 radical (unpaired) electrons. The van der Waals surface area contributed by atoms with Crippen LogP contribution in [0.4, 0.5) is 18.9 Å². The Hall–Kier alpha value is -2.54. The van der Waals surface area contributed by atoms with Gasteiger partial charge in [-0.1, -0.05) is 24.3 Å². The van der Waals surface area contributed by atoms with Gasteiger partial charge in [-0.15, -0.1) is 0 Å². The van der Waals surface area contributed by atoms with Crippen LogP contribution in [0.25, 0.3) is 0 Å². The van der Waals surface area contributed by atoms with Crippen molar-refractivity contribution in [2.75, 3.05) is 44.2 Å². The summed E-state index contributed by atoms with van der Waals surface area (Å²) >= 11 is 0. The second-order valence-corrected chi connectivity index (χ2v) is 6.85. The highest BCUT2D eigenvalue weighted by Crippen LogP contribution is 2.29. The third kappa shape index (κ3) is 5.48. The molecule has 1 heterocycles. The van der Waals surface area contributed by atoms with Crippen molar-refractivity contribution in [2.24, 2.45) is 0 Å². The van der Waals surface area contributed by atoms with Gasteiger partial charge < -0.3 is 10.2 Å². The van der Waals surface area contributed by atoms with Crippen LogP contribution in [0.15, 0.2) is 54.6 Å². The molecule has 0 aliphatic carbocycles. The van der Waals surface area contributed by atoms with E-state index < -0.39 is 17.6 Å². The lowest BCUT2D eigenvalue weighted by atomic mass is 10.1. The molecule has 7 heteroatoms. The molecular weight excluding hydrogens is 367 g/mol. The molecule has 3 rings (SSSR count). The maximum absolute atomic E-state index is 12.7. The predicted octanol–water partition coefficient (Wildman–Crippen LogP) is 3.65. The summed E-state index contributed by atoms with van der Waals surface area (Å²) in [5.41, 5.74) is 0.457. The Labute approximate surface area is 162 Å². The van der Waals surface area contributed by atoms with Crippen molar-refractivity contribution in [3.63, 3.8) is 0 Å². The lowest BCUT2D eigenvalue weighted by Gasteiger charge is -2.36. The molecule has 0 aromatic heterocycles. The summed E-state index contributed by atoms with van der Waals surface area (Å²) in [5, 5.41) is 2.71. The van der Waals surface area contributed by atoms with E-state index in [0.29, 0.717) is 6.54 Å². The minimum absolute atomic E-state index is 0.0336. The van der Waals surface area contributed by atoms with E-state index in [0.717, 1.165) is 51.3 Å². The predicted molar refractivity (Wildman–Crippen MR) is 103 cm³/mol. The number of hydrogen-bond acceptors (Lipinski definition) is 3. The molecule has 0 bridgehead atoms. The number of alkyl halides is 3. The zero-order valence-electron chi connectivity index (χ0n) is 15.6. The first-order valence-electron chi connectivity index (χ1n) is 9.41. The maximum atomic E-state index is 12.7. The topological polar surface area (TPSA) is 35.6 Å². The first-order chi connectivity index (χ1) is 13.4. The molecule has 1 N–H and O–H groups in total. The molecule has 150 valence electrons. The molecular formula is C21H24F3N3O. The van der Waals surface area contributed by atoms with E-state index in [1.807, 2.05) is 18.2 Å². The highest BCUT2D eigenvalue weighted by molar-refractivity contribution is 5.94. The van der Waals surface area contributed by atoms with E-state index in [2.05, 4.69) is 27.2 Å². The SMILES string of the molecule is O=C(NCCCN1CCN(c2ccccc2)CC1)c1cccc(C(F)(F)F)c1. The van der Waals surface area contributed by atoms with Crippen LogP contribution in [-0.4, -0.2) is 50.1 Å². The van der Waals surface area contributed by atoms with Crippen molar-refractivity contribution >= 4 is 11.6 Å². The van der Waals surface area contributed by atoms with E-state index in [-0.39, 0.29) is 5.56 Å². The minimum Gasteiger partial charge on any atom is -0.369 e. The second-order valence-electron chi connectivity index (χ2n) is 6.85. The van der Waals surface area contributed by atoms with Crippen LogP contribution >= 0.6 is 0 Å². The second kappa shape index (κ2) is 9.10. The number of nitrogens with zero attached hydrogens (tertiary/aromatic N) is 2. The molecule has 0 spiro atoms. The van der Waals surface area contributed by atoms with Crippen LogP contribution in [0, 0.1) is 0 Å². The number of para-hydroxylation sites is 1. The van der Waals surface area contributed by atoms with Gasteiger partial charge in [-0.05, 0) is 43.3 Å². The van der Waals surface area contributed by atoms with Crippen LogP contribution in [0.1, 0.15) is 22.3 Å². The van der Waals surface area contributed by atoms with Crippen molar-refractivity contribution in [1.82, 2.24) is 10.2 Å². The molecule has 1 aliphatic heterocycles. The smallest absolute Gasteiger partial charge is 0.369 e. The summed E-state index contributed by atoms with van der Waals surface area (Å²) in [6.07, 6.45) is -3.69. The van der Waals surface area contributed by atoms with Crippen molar-refractivity contribution in [3.05, 3.63) is 65.7 Å². The van der Waals surface area contributed by atoms with Crippen LogP contribution in [0.5, 0.6) is 0 Å². The van der Waals surface area contributed by atoms with Crippen molar-refractivity contribution in [3.8, 4) is 0 Å². The van der Waals surface area contributed by atoms with Crippen LogP contribution < -0.4 is 10.2 Å². The third-order valence-corrected chi connectivity index (χ3v) is 4.88. The normalized spacial score (nSPS) is 15.5. The molecule has 28 heavy (non-hydrogen) atoms. The summed E-state index contributed by atoms with van der Waals surface area (Å²) in [7, 11) is 0. The number of nitrogens with one attached hydrogen (secondary N) is 1. The Morgan fingerprint density at radius 1 is 0.964 bits per heavy atom. The van der Waals surface area contributed by atoms with Crippen LogP contribution in [0.3, 0.4) is 0 Å². The highest BCUT2D eigenvalue weighted by Gasteiger charge is 2.30. The Morgan fingerprint density at radius 2 is 1.68 bits per heavy atom. The zero-order chi connectivity index (χ0) is 20.0. The molecule has 2 aromatic rings. The first-order valence-corrected chi connectivity index (χ1v) is 9.41. The fourth-order valence-electron chi connectivity index (χ4n) is 3.31. The summed E-state index contributed by atoms with van der Waals surface area (Å²) in [6, 6.07) is 14.8. The van der Waals surface area contributed by atoms with Gasteiger partial charge in [0.25, 0.3) is 5.91 Å². The van der Waals surface area contributed by atoms with Gasteiger partial charge in [0.2, 0.25) is 0 Å². The van der Waals surface area contributed by atoms with Gasteiger partial charge in [-0.25, -0.2) is 0 Å². The van der Waals surface area contributed by atoms with Gasteiger partial charge in [-0.2, -0.15) is 13.2 Å². The number of hydrogen-bond donors (Lipinski definition) is 1. The average molecular weight is 391 g/mol. The van der Waals surface area contributed by atoms with E-state index in [4.69, 9.17) is 0 Å². The largest absolute Gasteiger partial charge is 0.416 e. The third-order valence-electron chi connectivity index (χ3n) is 4.88. The number of carbonyl (C=O) groups is 1. The molecule has 1 amide bonds. The molecule has 1 aliphatic rings. The van der Waals surface area contributed by atoms with Crippen molar-refractivity contribution in [1.29, 1.82) is 0 Å². The van der Waals surface area contributed by atoms with Gasteiger partial charge >= 0.3 is 6.18 Å². The molecule has 4 nitrogen and oxygen atoms in total. The first kappa shape index (κ1) is 20.2. The highest BCUT2D eigenvalue weighted by atomic mass is 19.4. The van der Waals surface area contributed by atoms with Crippen LogP contribution in [-0.2, 0) is 6.18 Å². The number of anilines is 1. The molecule has 1 fully saturated rings. The van der Waals surface area contributed by atoms with Crippen molar-refractivity contribution in [2.45, 2.75) is 12.6 Å². The molecule has 1 saturated heterocycles. The standard InChI is InChI=1S/C21H24F3N3O/c22-21(23,24)18-7-4-6-17(16-18)20(28)25-10-5-11-26-12-14-27(15-13-26)19-8-2-1-3-9-19/h1-4,6-9,16H,5,10-15H2,(H,25,28). The fraction of sp³-hybridized carbons (Fsp3) is 0.381. The Kier molecular flexibility index (Phi) is 6.57. The van der Waals surface area contributed by atoms with Crippen LogP contribution in [0.2, 0.25) is 0 Å². The minimum atomic E-state index is -4.45. The molecule has 2 aromatic carbocycles. The number of piperazine rings is 1. The Balaban J connectivity index is 1.38. The molecule has 0 saturated carbocycles. The van der Waals surface area contributed by atoms with Gasteiger partial charge in [-0.3, -0.25) is 9.69 Å². The van der Waals surface area contributed by atoms with Gasteiger partial charge in [0.15, 0.2) is 0 Å². The quantitative estimate of drug-likeness (QED) is 0.764. The maximum Gasteiger partial charge on any atom is 0.416 e. The van der Waals surface area contributed by atoms with Gasteiger partial charge in [0, 0.05) is 44.0 Å². The Bertz CT molecular complexity index is 772. The fourth-order valence-corrected chi connectivity index (χ4v) is 3.31. The lowest BCUT2D eigenvalue weighted by Crippen LogP contribution is -2.47. The number of carbonyl (C=O) groups excluding carboxylic acids is 1. The van der Waals surface area contributed by atoms with Crippen molar-refractivity contribution < 1.29 is 18.0 Å². The number of benzene rings is 2. The Morgan fingerprint density at radius 3 is 2.36 bits per heavy atom. The summed E-state index contributed by atoms with van der Waals surface area (Å²) < 4.78 is 38.2. The number of rotatable bonds is 6. The lowest BCUT2D eigenvalue weighted by molar-refractivity contribution is -0.137. The summed E-state index contributed by atoms with van der Waals surface area (Å²) in [4.78, 5) is 16.8. The van der Waals surface area contributed by atoms with E-state index in [1.54, 1.807) is 0 Å². The van der Waals surface area contributed by atoms with Gasteiger partial charge in [0.1, 0.15) is 0 Å².